The number of alkyl halides is 5. The van der Waals surface area contributed by atoms with Crippen LogP contribution in [0.3, 0.4) is 0 Å². The number of para-hydroxylation sites is 1. The van der Waals surface area contributed by atoms with Crippen LogP contribution in [0.15, 0.2) is 60.7 Å². The zero-order chi connectivity index (χ0) is 29.6. The first-order valence-electron chi connectivity index (χ1n) is 14.3. The number of halogens is 7. The summed E-state index contributed by atoms with van der Waals surface area (Å²) in [7, 11) is 0. The summed E-state index contributed by atoms with van der Waals surface area (Å²) in [5.74, 6) is -2.63. The highest BCUT2D eigenvalue weighted by Crippen LogP contribution is 2.41. The van der Waals surface area contributed by atoms with Gasteiger partial charge in [0.2, 0.25) is 0 Å². The smallest absolute Gasteiger partial charge is 0.426 e. The van der Waals surface area contributed by atoms with Crippen molar-refractivity contribution in [3.8, 4) is 16.9 Å². The van der Waals surface area contributed by atoms with Gasteiger partial charge >= 0.3 is 12.3 Å². The summed E-state index contributed by atoms with van der Waals surface area (Å²) in [5.41, 5.74) is -2.03. The highest BCUT2D eigenvalue weighted by molar-refractivity contribution is 5.71. The maximum atomic E-state index is 15.2. The van der Waals surface area contributed by atoms with Crippen LogP contribution in [0.25, 0.3) is 11.1 Å². The van der Waals surface area contributed by atoms with E-state index < -0.39 is 40.8 Å². The van der Waals surface area contributed by atoms with Gasteiger partial charge < -0.3 is 4.74 Å². The molecule has 4 rings (SSSR count). The molecule has 0 radical (unpaired) electrons. The first kappa shape index (κ1) is 30.9. The maximum absolute atomic E-state index is 15.2. The molecule has 8 heteroatoms. The fraction of sp³-hybridized carbons (Fsp3) is 0.455. The summed E-state index contributed by atoms with van der Waals surface area (Å²) in [6.07, 6.45) is 2.91. The van der Waals surface area contributed by atoms with Gasteiger partial charge in [-0.3, -0.25) is 0 Å². The van der Waals surface area contributed by atoms with Gasteiger partial charge in [0.1, 0.15) is 22.9 Å². The number of unbranched alkanes of at least 4 members (excludes halogenated alkanes) is 2. The molecule has 3 aromatic carbocycles. The van der Waals surface area contributed by atoms with Crippen LogP contribution in [0.1, 0.15) is 81.4 Å². The van der Waals surface area contributed by atoms with Gasteiger partial charge in [-0.1, -0.05) is 88.6 Å². The minimum absolute atomic E-state index is 0.171. The van der Waals surface area contributed by atoms with Crippen LogP contribution in [-0.2, 0) is 18.7 Å². The van der Waals surface area contributed by atoms with Gasteiger partial charge in [-0.05, 0) is 66.1 Å². The molecule has 0 N–H and O–H groups in total. The molecule has 0 aromatic heterocycles. The molecule has 0 bridgehead atoms. The zero-order valence-corrected chi connectivity index (χ0v) is 23.1. The molecule has 0 unspecified atom stereocenters. The SMILES string of the molecule is CCCCCC1CCC(CCc2ccc(C(F)(F)Oc3ccccc3-c3cc(F)c(C(F)(F)F)c(F)c3)cc2)CC1. The standard InChI is InChI=1S/C33H35F7O/c1-2-3-4-7-22-10-12-23(13-11-22)14-15-24-16-18-26(19-17-24)33(39,40)41-30-9-6-5-8-27(30)25-20-28(34)31(29(35)21-25)32(36,37)38/h5-6,8-9,16-23H,2-4,7,10-15H2,1H3. The van der Waals surface area contributed by atoms with Crippen LogP contribution in [0.4, 0.5) is 30.7 Å². The van der Waals surface area contributed by atoms with Gasteiger partial charge in [-0.15, -0.1) is 0 Å². The topological polar surface area (TPSA) is 9.23 Å². The number of ether oxygens (including phenoxy) is 1. The summed E-state index contributed by atoms with van der Waals surface area (Å²) in [6.45, 7) is 2.22. The first-order chi connectivity index (χ1) is 19.5. The molecular formula is C33H35F7O. The summed E-state index contributed by atoms with van der Waals surface area (Å²) in [4.78, 5) is 0. The highest BCUT2D eigenvalue weighted by atomic mass is 19.4. The van der Waals surface area contributed by atoms with Crippen molar-refractivity contribution in [3.63, 3.8) is 0 Å². The molecule has 1 saturated carbocycles. The van der Waals surface area contributed by atoms with Crippen molar-refractivity contribution in [2.75, 3.05) is 0 Å². The molecular weight excluding hydrogens is 545 g/mol. The van der Waals surface area contributed by atoms with Gasteiger partial charge in [0.25, 0.3) is 0 Å². The number of hydrogen-bond acceptors (Lipinski definition) is 1. The average molecular weight is 581 g/mol. The first-order valence-corrected chi connectivity index (χ1v) is 14.3. The van der Waals surface area contributed by atoms with Gasteiger partial charge in [-0.2, -0.15) is 22.0 Å². The van der Waals surface area contributed by atoms with Crippen LogP contribution in [0, 0.1) is 23.5 Å². The quantitative estimate of drug-likeness (QED) is 0.162. The van der Waals surface area contributed by atoms with Crippen LogP contribution < -0.4 is 4.74 Å². The Balaban J connectivity index is 1.39. The van der Waals surface area contributed by atoms with Crippen LogP contribution in [-0.4, -0.2) is 0 Å². The molecule has 1 aliphatic rings. The molecule has 0 aliphatic heterocycles. The zero-order valence-electron chi connectivity index (χ0n) is 23.1. The average Bonchev–Trinajstić information content (AvgIpc) is 2.92. The van der Waals surface area contributed by atoms with E-state index in [9.17, 15) is 22.0 Å². The van der Waals surface area contributed by atoms with Crippen LogP contribution >= 0.6 is 0 Å². The van der Waals surface area contributed by atoms with E-state index >= 15 is 8.78 Å². The van der Waals surface area contributed by atoms with E-state index in [-0.39, 0.29) is 11.1 Å². The Hall–Kier alpha value is -3.03. The number of aryl methyl sites for hydroxylation is 1. The number of hydrogen-bond donors (Lipinski definition) is 0. The molecule has 222 valence electrons. The van der Waals surface area contributed by atoms with Crippen molar-refractivity contribution in [3.05, 3.63) is 89.0 Å². The third-order valence-corrected chi connectivity index (χ3v) is 8.08. The van der Waals surface area contributed by atoms with Crippen molar-refractivity contribution in [1.29, 1.82) is 0 Å². The molecule has 0 spiro atoms. The lowest BCUT2D eigenvalue weighted by molar-refractivity contribution is -0.185. The normalized spacial score (nSPS) is 18.0. The van der Waals surface area contributed by atoms with Crippen molar-refractivity contribution in [1.82, 2.24) is 0 Å². The van der Waals surface area contributed by atoms with Crippen LogP contribution in [0.5, 0.6) is 5.75 Å². The molecule has 0 heterocycles. The third kappa shape index (κ3) is 8.04. The Kier molecular flexibility index (Phi) is 10.0. The Bertz CT molecular complexity index is 1250. The Morgan fingerprint density at radius 3 is 1.93 bits per heavy atom. The molecule has 41 heavy (non-hydrogen) atoms. The van der Waals surface area contributed by atoms with Crippen molar-refractivity contribution in [2.24, 2.45) is 11.8 Å². The van der Waals surface area contributed by atoms with E-state index in [2.05, 4.69) is 6.92 Å². The summed E-state index contributed by atoms with van der Waals surface area (Å²) in [5, 5.41) is 0. The van der Waals surface area contributed by atoms with E-state index in [0.29, 0.717) is 18.1 Å². The monoisotopic (exact) mass is 580 g/mol. The highest BCUT2D eigenvalue weighted by Gasteiger charge is 2.39. The lowest BCUT2D eigenvalue weighted by Gasteiger charge is -2.28. The van der Waals surface area contributed by atoms with E-state index in [1.165, 1.54) is 87.8 Å². The van der Waals surface area contributed by atoms with Gasteiger partial charge in [-0.25, -0.2) is 8.78 Å². The van der Waals surface area contributed by atoms with E-state index in [1.807, 2.05) is 0 Å². The Labute approximate surface area is 236 Å². The van der Waals surface area contributed by atoms with Gasteiger partial charge in [0.05, 0.1) is 5.56 Å². The summed E-state index contributed by atoms with van der Waals surface area (Å²) >= 11 is 0. The van der Waals surface area contributed by atoms with Crippen LogP contribution in [0.2, 0.25) is 0 Å². The molecule has 1 fully saturated rings. The predicted molar refractivity (Wildman–Crippen MR) is 146 cm³/mol. The van der Waals surface area contributed by atoms with Gasteiger partial charge in [0, 0.05) is 5.56 Å². The second-order valence-corrected chi connectivity index (χ2v) is 11.0. The summed E-state index contributed by atoms with van der Waals surface area (Å²) in [6, 6.07) is 12.0. The third-order valence-electron chi connectivity index (χ3n) is 8.08. The fourth-order valence-corrected chi connectivity index (χ4v) is 5.72. The largest absolute Gasteiger partial charge is 0.428 e. The van der Waals surface area contributed by atoms with E-state index in [0.717, 1.165) is 24.3 Å². The van der Waals surface area contributed by atoms with Crippen molar-refractivity contribution < 1.29 is 35.5 Å². The lowest BCUT2D eigenvalue weighted by Crippen LogP contribution is -2.22. The van der Waals surface area contributed by atoms with Crippen molar-refractivity contribution in [2.45, 2.75) is 83.4 Å². The lowest BCUT2D eigenvalue weighted by atomic mass is 9.78. The molecule has 3 aromatic rings. The predicted octanol–water partition coefficient (Wildman–Crippen LogP) is 11.1. The van der Waals surface area contributed by atoms with Gasteiger partial charge in [0.15, 0.2) is 0 Å². The Morgan fingerprint density at radius 2 is 1.34 bits per heavy atom. The minimum Gasteiger partial charge on any atom is -0.428 e. The molecule has 0 amide bonds. The van der Waals surface area contributed by atoms with E-state index in [4.69, 9.17) is 4.74 Å². The molecule has 1 nitrogen and oxygen atoms in total. The Morgan fingerprint density at radius 1 is 0.756 bits per heavy atom. The second kappa shape index (κ2) is 13.3. The molecule has 0 saturated heterocycles. The van der Waals surface area contributed by atoms with E-state index in [1.54, 1.807) is 12.1 Å². The fourth-order valence-electron chi connectivity index (χ4n) is 5.72. The second-order valence-electron chi connectivity index (χ2n) is 11.0. The minimum atomic E-state index is -5.24. The summed E-state index contributed by atoms with van der Waals surface area (Å²) < 4.78 is 103. The molecule has 0 atom stereocenters. The maximum Gasteiger partial charge on any atom is 0.426 e. The van der Waals surface area contributed by atoms with Crippen molar-refractivity contribution >= 4 is 0 Å². The number of benzene rings is 3. The number of rotatable bonds is 11. The molecule has 1 aliphatic carbocycles.